The smallest absolute Gasteiger partial charge is 0.265 e. The molecule has 1 aromatic heterocycles. The molecule has 0 radical (unpaired) electrons. The van der Waals surface area contributed by atoms with E-state index in [0.717, 1.165) is 18.3 Å². The standard InChI is InChI=1S/C10H9F2N3O2S/c1-15-6-8(5-13-15)18(16,17)14-10-3-2-7(11)4-9(10)12/h2-6,14H,1H3. The molecule has 0 fully saturated rings. The molecule has 0 aliphatic carbocycles. The van der Waals surface area contributed by atoms with Crippen molar-refractivity contribution in [2.24, 2.45) is 7.05 Å². The fourth-order valence-corrected chi connectivity index (χ4v) is 2.36. The number of sulfonamides is 1. The fraction of sp³-hybridized carbons (Fsp3) is 0.100. The first-order chi connectivity index (χ1) is 8.38. The molecule has 0 spiro atoms. The van der Waals surface area contributed by atoms with Gasteiger partial charge in [-0.05, 0) is 12.1 Å². The van der Waals surface area contributed by atoms with Gasteiger partial charge in [0.1, 0.15) is 16.5 Å². The van der Waals surface area contributed by atoms with Gasteiger partial charge in [0.05, 0.1) is 11.9 Å². The molecule has 1 heterocycles. The van der Waals surface area contributed by atoms with Crippen LogP contribution in [-0.2, 0) is 17.1 Å². The molecule has 2 aromatic rings. The van der Waals surface area contributed by atoms with Crippen LogP contribution in [0.5, 0.6) is 0 Å². The second kappa shape index (κ2) is 4.37. The first kappa shape index (κ1) is 12.5. The predicted octanol–water partition coefficient (Wildman–Crippen LogP) is 1.50. The summed E-state index contributed by atoms with van der Waals surface area (Å²) in [5.41, 5.74) is -0.319. The molecule has 0 bridgehead atoms. The number of hydrogen-bond donors (Lipinski definition) is 1. The van der Waals surface area contributed by atoms with Crippen LogP contribution in [0.1, 0.15) is 0 Å². The molecule has 2 rings (SSSR count). The Kier molecular flexibility index (Phi) is 3.04. The maximum atomic E-state index is 13.3. The Morgan fingerprint density at radius 1 is 1.33 bits per heavy atom. The fourth-order valence-electron chi connectivity index (χ4n) is 1.31. The summed E-state index contributed by atoms with van der Waals surface area (Å²) in [5, 5.41) is 3.70. The van der Waals surface area contributed by atoms with Crippen LogP contribution in [0.3, 0.4) is 0 Å². The van der Waals surface area contributed by atoms with Gasteiger partial charge in [0.2, 0.25) is 0 Å². The number of anilines is 1. The molecular weight excluding hydrogens is 264 g/mol. The lowest BCUT2D eigenvalue weighted by atomic mass is 10.3. The van der Waals surface area contributed by atoms with Crippen LogP contribution in [0.2, 0.25) is 0 Å². The predicted molar refractivity (Wildman–Crippen MR) is 60.4 cm³/mol. The summed E-state index contributed by atoms with van der Waals surface area (Å²) in [6.45, 7) is 0. The molecule has 18 heavy (non-hydrogen) atoms. The average Bonchev–Trinajstić information content (AvgIpc) is 2.70. The van der Waals surface area contributed by atoms with Crippen LogP contribution in [-0.4, -0.2) is 18.2 Å². The lowest BCUT2D eigenvalue weighted by Gasteiger charge is -2.06. The highest BCUT2D eigenvalue weighted by molar-refractivity contribution is 7.92. The monoisotopic (exact) mass is 273 g/mol. The zero-order valence-electron chi connectivity index (χ0n) is 9.26. The summed E-state index contributed by atoms with van der Waals surface area (Å²) >= 11 is 0. The third-order valence-electron chi connectivity index (χ3n) is 2.17. The molecule has 8 heteroatoms. The highest BCUT2D eigenvalue weighted by Crippen LogP contribution is 2.19. The molecule has 5 nitrogen and oxygen atoms in total. The SMILES string of the molecule is Cn1cc(S(=O)(=O)Nc2ccc(F)cc2F)cn1. The Morgan fingerprint density at radius 2 is 2.06 bits per heavy atom. The number of nitrogens with one attached hydrogen (secondary N) is 1. The van der Waals surface area contributed by atoms with Crippen molar-refractivity contribution in [3.8, 4) is 0 Å². The summed E-state index contributed by atoms with van der Waals surface area (Å²) in [6.07, 6.45) is 2.40. The molecule has 1 N–H and O–H groups in total. The lowest BCUT2D eigenvalue weighted by Crippen LogP contribution is -2.13. The highest BCUT2D eigenvalue weighted by atomic mass is 32.2. The largest absolute Gasteiger partial charge is 0.277 e. The van der Waals surface area contributed by atoms with E-state index in [9.17, 15) is 17.2 Å². The molecule has 0 amide bonds. The highest BCUT2D eigenvalue weighted by Gasteiger charge is 2.18. The van der Waals surface area contributed by atoms with Gasteiger partial charge in [0, 0.05) is 19.3 Å². The van der Waals surface area contributed by atoms with Gasteiger partial charge in [-0.2, -0.15) is 5.10 Å². The van der Waals surface area contributed by atoms with Crippen molar-refractivity contribution < 1.29 is 17.2 Å². The van der Waals surface area contributed by atoms with Gasteiger partial charge in [-0.25, -0.2) is 17.2 Å². The van der Waals surface area contributed by atoms with Gasteiger partial charge in [-0.15, -0.1) is 0 Å². The van der Waals surface area contributed by atoms with E-state index in [1.54, 1.807) is 7.05 Å². The van der Waals surface area contributed by atoms with E-state index in [4.69, 9.17) is 0 Å². The zero-order chi connectivity index (χ0) is 13.3. The number of halogens is 2. The van der Waals surface area contributed by atoms with Crippen LogP contribution in [0.15, 0.2) is 35.5 Å². The summed E-state index contributed by atoms with van der Waals surface area (Å²) in [6, 6.07) is 2.57. The molecule has 0 unspecified atom stereocenters. The van der Waals surface area contributed by atoms with Crippen LogP contribution in [0.4, 0.5) is 14.5 Å². The Hall–Kier alpha value is -1.96. The maximum absolute atomic E-state index is 13.3. The second-order valence-electron chi connectivity index (χ2n) is 3.58. The van der Waals surface area contributed by atoms with Gasteiger partial charge in [0.15, 0.2) is 0 Å². The Balaban J connectivity index is 2.33. The van der Waals surface area contributed by atoms with E-state index in [1.165, 1.54) is 10.9 Å². The van der Waals surface area contributed by atoms with Crippen molar-refractivity contribution in [3.63, 3.8) is 0 Å². The van der Waals surface area contributed by atoms with Crippen LogP contribution in [0.25, 0.3) is 0 Å². The third-order valence-corrected chi connectivity index (χ3v) is 3.49. The van der Waals surface area contributed by atoms with Gasteiger partial charge in [-0.1, -0.05) is 0 Å². The van der Waals surface area contributed by atoms with Gasteiger partial charge < -0.3 is 0 Å². The van der Waals surface area contributed by atoms with Crippen molar-refractivity contribution in [1.82, 2.24) is 9.78 Å². The number of aryl methyl sites for hydroxylation is 1. The topological polar surface area (TPSA) is 64.0 Å². The Labute approximate surface area is 102 Å². The van der Waals surface area contributed by atoms with Crippen LogP contribution < -0.4 is 4.72 Å². The molecule has 1 aromatic carbocycles. The zero-order valence-corrected chi connectivity index (χ0v) is 10.1. The minimum absolute atomic E-state index is 0.103. The number of benzene rings is 1. The van der Waals surface area contributed by atoms with E-state index in [1.807, 2.05) is 4.72 Å². The third kappa shape index (κ3) is 2.48. The summed E-state index contributed by atoms with van der Waals surface area (Å²) < 4.78 is 53.0. The van der Waals surface area contributed by atoms with Crippen molar-refractivity contribution in [2.45, 2.75) is 4.90 Å². The minimum Gasteiger partial charge on any atom is -0.277 e. The van der Waals surface area contributed by atoms with Crippen molar-refractivity contribution in [1.29, 1.82) is 0 Å². The number of aromatic nitrogens is 2. The number of rotatable bonds is 3. The number of nitrogens with zero attached hydrogens (tertiary/aromatic N) is 2. The van der Waals surface area contributed by atoms with Crippen molar-refractivity contribution in [3.05, 3.63) is 42.2 Å². The minimum atomic E-state index is -3.92. The molecule has 0 saturated heterocycles. The van der Waals surface area contributed by atoms with E-state index in [-0.39, 0.29) is 10.6 Å². The van der Waals surface area contributed by atoms with Gasteiger partial charge in [0.25, 0.3) is 10.0 Å². The Morgan fingerprint density at radius 3 is 2.61 bits per heavy atom. The van der Waals surface area contributed by atoms with E-state index in [2.05, 4.69) is 5.10 Å². The van der Waals surface area contributed by atoms with Gasteiger partial charge in [-0.3, -0.25) is 9.40 Å². The average molecular weight is 273 g/mol. The maximum Gasteiger partial charge on any atom is 0.265 e. The normalized spacial score (nSPS) is 11.5. The molecule has 0 aliphatic heterocycles. The quantitative estimate of drug-likeness (QED) is 0.921. The van der Waals surface area contributed by atoms with E-state index < -0.39 is 21.7 Å². The Bertz CT molecular complexity index is 682. The van der Waals surface area contributed by atoms with Crippen molar-refractivity contribution >= 4 is 15.7 Å². The summed E-state index contributed by atoms with van der Waals surface area (Å²) in [5.74, 6) is -1.76. The van der Waals surface area contributed by atoms with Crippen LogP contribution in [0, 0.1) is 11.6 Å². The van der Waals surface area contributed by atoms with E-state index >= 15 is 0 Å². The van der Waals surface area contributed by atoms with Gasteiger partial charge >= 0.3 is 0 Å². The summed E-state index contributed by atoms with van der Waals surface area (Å²) in [7, 11) is -2.37. The van der Waals surface area contributed by atoms with Crippen LogP contribution >= 0.6 is 0 Å². The summed E-state index contributed by atoms with van der Waals surface area (Å²) in [4.78, 5) is -0.103. The molecular formula is C10H9F2N3O2S. The molecule has 0 atom stereocenters. The van der Waals surface area contributed by atoms with Crippen molar-refractivity contribution in [2.75, 3.05) is 4.72 Å². The first-order valence-corrected chi connectivity index (χ1v) is 6.33. The molecule has 0 saturated carbocycles. The molecule has 96 valence electrons. The lowest BCUT2D eigenvalue weighted by molar-refractivity contribution is 0.582. The first-order valence-electron chi connectivity index (χ1n) is 4.85. The number of hydrogen-bond acceptors (Lipinski definition) is 3. The molecule has 0 aliphatic rings. The van der Waals surface area contributed by atoms with E-state index in [0.29, 0.717) is 6.07 Å². The second-order valence-corrected chi connectivity index (χ2v) is 5.26.